The topological polar surface area (TPSA) is 96.0 Å². The van der Waals surface area contributed by atoms with Gasteiger partial charge in [0.05, 0.1) is 17.2 Å². The fourth-order valence-electron chi connectivity index (χ4n) is 5.12. The second-order valence-corrected chi connectivity index (χ2v) is 13.4. The monoisotopic (exact) mass is 663 g/mol. The van der Waals surface area contributed by atoms with Gasteiger partial charge in [0.2, 0.25) is 11.8 Å². The zero-order valence-corrected chi connectivity index (χ0v) is 27.0. The maximum absolute atomic E-state index is 14.1. The van der Waals surface area contributed by atoms with Gasteiger partial charge in [-0.1, -0.05) is 48.5 Å². The molecule has 12 heteroatoms. The van der Waals surface area contributed by atoms with Crippen LogP contribution < -0.4 is 14.4 Å². The lowest BCUT2D eigenvalue weighted by molar-refractivity contribution is -0.139. The molecule has 0 heterocycles. The summed E-state index contributed by atoms with van der Waals surface area (Å²) in [5.41, 5.74) is 0.727. The van der Waals surface area contributed by atoms with Crippen molar-refractivity contribution in [1.82, 2.24) is 10.2 Å². The number of ether oxygens (including phenoxy) is 1. The van der Waals surface area contributed by atoms with Gasteiger partial charge in [-0.3, -0.25) is 13.9 Å². The number of anilines is 1. The predicted octanol–water partition coefficient (Wildman–Crippen LogP) is 6.59. The maximum atomic E-state index is 14.1. The second kappa shape index (κ2) is 15.1. The fraction of sp³-hybridized carbons (Fsp3) is 0.375. The number of rotatable bonds is 12. The van der Waals surface area contributed by atoms with Crippen molar-refractivity contribution in [2.75, 3.05) is 17.5 Å². The highest BCUT2D eigenvalue weighted by Gasteiger charge is 2.33. The summed E-state index contributed by atoms with van der Waals surface area (Å²) >= 11 is 12.5. The number of amides is 2. The number of hydrogen-bond acceptors (Lipinski definition) is 5. The minimum absolute atomic E-state index is 0.00831. The summed E-state index contributed by atoms with van der Waals surface area (Å²) in [7, 11) is -4.35. The largest absolute Gasteiger partial charge is 0.494 e. The van der Waals surface area contributed by atoms with Crippen molar-refractivity contribution in [3.05, 3.63) is 88.2 Å². The van der Waals surface area contributed by atoms with Crippen LogP contribution in [-0.4, -0.2) is 50.4 Å². The number of benzene rings is 3. The van der Waals surface area contributed by atoms with E-state index >= 15 is 0 Å². The van der Waals surface area contributed by atoms with Crippen LogP contribution in [0.5, 0.6) is 5.75 Å². The van der Waals surface area contributed by atoms with E-state index in [4.69, 9.17) is 27.9 Å². The van der Waals surface area contributed by atoms with Gasteiger partial charge in [-0.15, -0.1) is 0 Å². The van der Waals surface area contributed by atoms with E-state index in [1.165, 1.54) is 17.0 Å². The molecule has 8 nitrogen and oxygen atoms in total. The average Bonchev–Trinajstić information content (AvgIpc) is 3.00. The fourth-order valence-corrected chi connectivity index (χ4v) is 7.01. The van der Waals surface area contributed by atoms with Crippen molar-refractivity contribution in [2.45, 2.75) is 69.5 Å². The van der Waals surface area contributed by atoms with Gasteiger partial charge < -0.3 is 15.0 Å². The Morgan fingerprint density at radius 2 is 1.66 bits per heavy atom. The molecule has 0 aliphatic heterocycles. The van der Waals surface area contributed by atoms with Crippen LogP contribution in [0.15, 0.2) is 71.6 Å². The Morgan fingerprint density at radius 1 is 1.00 bits per heavy atom. The number of sulfonamides is 1. The smallest absolute Gasteiger partial charge is 0.264 e. The number of nitrogens with zero attached hydrogens (tertiary/aromatic N) is 2. The third-order valence-electron chi connectivity index (χ3n) is 7.59. The molecule has 0 radical (unpaired) electrons. The molecule has 0 saturated heterocycles. The van der Waals surface area contributed by atoms with Crippen LogP contribution in [0.2, 0.25) is 10.0 Å². The molecule has 1 aliphatic carbocycles. The van der Waals surface area contributed by atoms with Gasteiger partial charge >= 0.3 is 0 Å². The Bertz CT molecular complexity index is 1550. The van der Waals surface area contributed by atoms with Gasteiger partial charge in [-0.05, 0) is 92.9 Å². The molecule has 4 rings (SSSR count). The van der Waals surface area contributed by atoms with Gasteiger partial charge in [-0.2, -0.15) is 0 Å². The summed E-state index contributed by atoms with van der Waals surface area (Å²) in [6, 6.07) is 14.5. The highest BCUT2D eigenvalue weighted by molar-refractivity contribution is 7.92. The first-order valence-electron chi connectivity index (χ1n) is 14.5. The zero-order chi connectivity index (χ0) is 31.9. The SMILES string of the molecule is CCOc1ccc(N(CC(=O)N(Cc2ccc(Cl)cc2Cl)C(C)C(=O)NC2CCCCC2)S(=O)(=O)c2ccc(F)cc2)cc1. The van der Waals surface area contributed by atoms with E-state index in [2.05, 4.69) is 5.32 Å². The Balaban J connectivity index is 1.70. The number of hydrogen-bond donors (Lipinski definition) is 1. The van der Waals surface area contributed by atoms with E-state index in [0.29, 0.717) is 28.0 Å². The van der Waals surface area contributed by atoms with Crippen LogP contribution in [0.25, 0.3) is 0 Å². The van der Waals surface area contributed by atoms with Crippen LogP contribution >= 0.6 is 23.2 Å². The lowest BCUT2D eigenvalue weighted by atomic mass is 9.95. The minimum Gasteiger partial charge on any atom is -0.494 e. The van der Waals surface area contributed by atoms with Crippen molar-refractivity contribution in [1.29, 1.82) is 0 Å². The van der Waals surface area contributed by atoms with Crippen LogP contribution in [0, 0.1) is 5.82 Å². The Labute approximate surface area is 268 Å². The number of nitrogens with one attached hydrogen (secondary N) is 1. The van der Waals surface area contributed by atoms with Gasteiger partial charge in [0.15, 0.2) is 0 Å². The third kappa shape index (κ3) is 8.43. The summed E-state index contributed by atoms with van der Waals surface area (Å²) in [5.74, 6) is -1.06. The van der Waals surface area contributed by atoms with Crippen LogP contribution in [0.1, 0.15) is 51.5 Å². The Hall–Kier alpha value is -3.34. The van der Waals surface area contributed by atoms with E-state index in [9.17, 15) is 22.4 Å². The van der Waals surface area contributed by atoms with Gasteiger partial charge in [0.1, 0.15) is 24.2 Å². The van der Waals surface area contributed by atoms with Crippen molar-refractivity contribution in [2.24, 2.45) is 0 Å². The second-order valence-electron chi connectivity index (χ2n) is 10.7. The number of carbonyl (C=O) groups is 2. The number of halogens is 3. The molecule has 44 heavy (non-hydrogen) atoms. The van der Waals surface area contributed by atoms with E-state index in [1.54, 1.807) is 37.3 Å². The van der Waals surface area contributed by atoms with Crippen molar-refractivity contribution in [3.8, 4) is 5.75 Å². The summed E-state index contributed by atoms with van der Waals surface area (Å²) in [5, 5.41) is 3.77. The van der Waals surface area contributed by atoms with Crippen LogP contribution in [-0.2, 0) is 26.2 Å². The lowest BCUT2D eigenvalue weighted by Gasteiger charge is -2.33. The molecule has 0 bridgehead atoms. The molecule has 1 aliphatic rings. The Morgan fingerprint density at radius 3 is 2.27 bits per heavy atom. The average molecular weight is 665 g/mol. The summed E-state index contributed by atoms with van der Waals surface area (Å²) in [4.78, 5) is 28.7. The minimum atomic E-state index is -4.35. The first kappa shape index (κ1) is 33.6. The van der Waals surface area contributed by atoms with Gasteiger partial charge in [-0.25, -0.2) is 12.8 Å². The summed E-state index contributed by atoms with van der Waals surface area (Å²) in [6.07, 6.45) is 4.86. The molecule has 1 fully saturated rings. The molecule has 1 atom stereocenters. The molecule has 1 saturated carbocycles. The van der Waals surface area contributed by atoms with Gasteiger partial charge in [0, 0.05) is 22.6 Å². The van der Waals surface area contributed by atoms with Crippen LogP contribution in [0.4, 0.5) is 10.1 Å². The van der Waals surface area contributed by atoms with E-state index in [-0.39, 0.29) is 29.1 Å². The molecule has 3 aromatic carbocycles. The van der Waals surface area contributed by atoms with Crippen molar-refractivity contribution in [3.63, 3.8) is 0 Å². The molecule has 236 valence electrons. The van der Waals surface area contributed by atoms with Crippen molar-refractivity contribution >= 4 is 50.7 Å². The zero-order valence-electron chi connectivity index (χ0n) is 24.6. The first-order chi connectivity index (χ1) is 21.0. The summed E-state index contributed by atoms with van der Waals surface area (Å²) < 4.78 is 48.0. The highest BCUT2D eigenvalue weighted by atomic mass is 35.5. The molecule has 3 aromatic rings. The standard InChI is InChI=1S/C32H36Cl2FN3O5S/c1-3-43-28-15-13-27(14-16-28)38(44(41,42)29-17-11-25(35)12-18-29)21-31(39)37(20-23-9-10-24(33)19-30(23)34)22(2)32(40)36-26-7-5-4-6-8-26/h9-19,22,26H,3-8,20-21H2,1-2H3,(H,36,40). The molecule has 0 aromatic heterocycles. The number of carbonyl (C=O) groups excluding carboxylic acids is 2. The summed E-state index contributed by atoms with van der Waals surface area (Å²) in [6.45, 7) is 3.14. The van der Waals surface area contributed by atoms with Crippen molar-refractivity contribution < 1.29 is 27.1 Å². The normalized spacial score (nSPS) is 14.5. The molecular weight excluding hydrogens is 628 g/mol. The van der Waals surface area contributed by atoms with Crippen LogP contribution in [0.3, 0.4) is 0 Å². The van der Waals surface area contributed by atoms with Gasteiger partial charge in [0.25, 0.3) is 10.0 Å². The Kier molecular flexibility index (Phi) is 11.5. The highest BCUT2D eigenvalue weighted by Crippen LogP contribution is 2.28. The van der Waals surface area contributed by atoms with E-state index < -0.39 is 34.3 Å². The molecule has 0 spiro atoms. The predicted molar refractivity (Wildman–Crippen MR) is 170 cm³/mol. The van der Waals surface area contributed by atoms with E-state index in [0.717, 1.165) is 60.7 Å². The first-order valence-corrected chi connectivity index (χ1v) is 16.7. The molecule has 1 unspecified atom stereocenters. The molecule has 1 N–H and O–H groups in total. The van der Waals surface area contributed by atoms with E-state index in [1.807, 2.05) is 6.92 Å². The molecular formula is C32H36Cl2FN3O5S. The quantitative estimate of drug-likeness (QED) is 0.236. The maximum Gasteiger partial charge on any atom is 0.264 e. The lowest BCUT2D eigenvalue weighted by Crippen LogP contribution is -2.53. The molecule has 2 amide bonds. The third-order valence-corrected chi connectivity index (χ3v) is 9.97.